The Morgan fingerprint density at radius 1 is 0.378 bits per heavy atom. The van der Waals surface area contributed by atoms with Gasteiger partial charge in [-0.05, 0) is 90.2 Å². The van der Waals surface area contributed by atoms with Gasteiger partial charge in [-0.2, -0.15) is 0 Å². The fourth-order valence-corrected chi connectivity index (χ4v) is 6.05. The van der Waals surface area contributed by atoms with Gasteiger partial charge in [-0.3, -0.25) is 0 Å². The molecule has 0 aliphatic rings. The van der Waals surface area contributed by atoms with Crippen molar-refractivity contribution in [2.45, 2.75) is 0 Å². The van der Waals surface area contributed by atoms with E-state index in [1.54, 1.807) is 54.6 Å². The van der Waals surface area contributed by atoms with E-state index in [0.29, 0.717) is 43.8 Å². The van der Waals surface area contributed by atoms with Crippen molar-refractivity contribution in [3.63, 3.8) is 0 Å². The summed E-state index contributed by atoms with van der Waals surface area (Å²) < 4.78 is 145. The van der Waals surface area contributed by atoms with Crippen LogP contribution in [0.2, 0.25) is 0 Å². The van der Waals surface area contributed by atoms with E-state index in [2.05, 4.69) is 0 Å². The van der Waals surface area contributed by atoms with Gasteiger partial charge in [0, 0.05) is 10.8 Å². The highest BCUT2D eigenvalue weighted by atomic mass is 16.3. The second kappa shape index (κ2) is 10.4. The Balaban J connectivity index is 1.37. The zero-order chi connectivity index (χ0) is 43.7. The van der Waals surface area contributed by atoms with Gasteiger partial charge >= 0.3 is 0 Å². The van der Waals surface area contributed by atoms with E-state index in [4.69, 9.17) is 23.6 Å². The number of para-hydroxylation sites is 1. The Bertz CT molecular complexity index is 3360. The van der Waals surface area contributed by atoms with Crippen LogP contribution in [0, 0.1) is 0 Å². The maximum atomic E-state index is 9.36. The summed E-state index contributed by atoms with van der Waals surface area (Å²) in [5, 5.41) is 2.15. The summed E-state index contributed by atoms with van der Waals surface area (Å²) in [6.07, 6.45) is 0. The third kappa shape index (κ3) is 4.17. The second-order valence-electron chi connectivity index (χ2n) is 10.4. The van der Waals surface area contributed by atoms with Gasteiger partial charge in [0.1, 0.15) is 11.2 Å². The molecule has 0 unspecified atom stereocenters. The van der Waals surface area contributed by atoms with Gasteiger partial charge in [0.05, 0.1) is 21.9 Å². The molecule has 8 aromatic carbocycles. The third-order valence-electron chi connectivity index (χ3n) is 7.94. The average molecular weight is 589 g/mol. The molecule has 45 heavy (non-hydrogen) atoms. The van der Waals surface area contributed by atoms with Crippen LogP contribution in [0.5, 0.6) is 0 Å². The lowest BCUT2D eigenvalue weighted by atomic mass is 9.83. The molecule has 1 heterocycles. The maximum Gasteiger partial charge on any atom is 0.135 e. The predicted octanol–water partition coefficient (Wildman–Crippen LogP) is 12.6. The summed E-state index contributed by atoms with van der Waals surface area (Å²) in [6.45, 7) is 0. The van der Waals surface area contributed by atoms with Crippen molar-refractivity contribution in [3.05, 3.63) is 169 Å². The molecule has 0 amide bonds. The first-order valence-corrected chi connectivity index (χ1v) is 14.1. The van der Waals surface area contributed by atoms with Crippen LogP contribution in [0.1, 0.15) is 21.9 Å². The van der Waals surface area contributed by atoms with E-state index in [0.717, 1.165) is 0 Å². The van der Waals surface area contributed by atoms with Gasteiger partial charge in [0.25, 0.3) is 0 Å². The minimum absolute atomic E-state index is 0.0222. The number of benzene rings is 8. The molecule has 0 aliphatic carbocycles. The zero-order valence-electron chi connectivity index (χ0n) is 39.3. The van der Waals surface area contributed by atoms with Crippen molar-refractivity contribution in [1.82, 2.24) is 0 Å². The van der Waals surface area contributed by atoms with Gasteiger partial charge in [0.2, 0.25) is 0 Å². The Kier molecular flexibility index (Phi) is 3.28. The van der Waals surface area contributed by atoms with Gasteiger partial charge in [-0.15, -0.1) is 0 Å². The summed E-state index contributed by atoms with van der Waals surface area (Å²) in [7, 11) is 0. The van der Waals surface area contributed by atoms with Gasteiger partial charge in [-0.25, -0.2) is 0 Å². The van der Waals surface area contributed by atoms with Crippen molar-refractivity contribution in [1.29, 1.82) is 0 Å². The molecule has 9 rings (SSSR count). The highest BCUT2D eigenvalue weighted by Gasteiger charge is 2.19. The van der Waals surface area contributed by atoms with Crippen molar-refractivity contribution in [3.8, 4) is 44.5 Å². The second-order valence-corrected chi connectivity index (χ2v) is 10.4. The standard InChI is InChI=1S/C44H28O/c1-2-13-29(14-3-1)33-17-4-5-19-35(33)44-38-22-8-6-20-36(38)43(37-21-7-9-23-39(37)44)32-16-12-15-30(27-32)31-25-26-42-40(28-31)34-18-10-11-24-41(34)45-42/h1-28H/i1D,2D,3D,4D,5D,10D,11D,13D,14D,17D,18D,19D,24D,25D,26D,28D. The topological polar surface area (TPSA) is 13.1 Å². The molecule has 0 spiro atoms. The molecular formula is C44H28O. The summed E-state index contributed by atoms with van der Waals surface area (Å²) in [5.41, 5.74) is 0.880. The molecule has 0 aliphatic heterocycles. The number of rotatable bonds is 4. The highest BCUT2D eigenvalue weighted by molar-refractivity contribution is 6.22. The van der Waals surface area contributed by atoms with E-state index in [-0.39, 0.29) is 56.3 Å². The fourth-order valence-electron chi connectivity index (χ4n) is 6.05. The monoisotopic (exact) mass is 588 g/mol. The van der Waals surface area contributed by atoms with E-state index in [9.17, 15) is 2.74 Å². The summed E-state index contributed by atoms with van der Waals surface area (Å²) in [6, 6.07) is 12.8. The predicted molar refractivity (Wildman–Crippen MR) is 190 cm³/mol. The minimum atomic E-state index is -0.659. The van der Waals surface area contributed by atoms with Crippen LogP contribution in [0.3, 0.4) is 0 Å². The summed E-state index contributed by atoms with van der Waals surface area (Å²) in [5.74, 6) is 0. The minimum Gasteiger partial charge on any atom is -0.456 e. The lowest BCUT2D eigenvalue weighted by molar-refractivity contribution is 0.669. The number of furan rings is 1. The molecular weight excluding hydrogens is 544 g/mol. The summed E-state index contributed by atoms with van der Waals surface area (Å²) >= 11 is 0. The van der Waals surface area contributed by atoms with E-state index < -0.39 is 84.6 Å². The Morgan fingerprint density at radius 3 is 1.73 bits per heavy atom. The molecule has 9 aromatic rings. The first-order chi connectivity index (χ1) is 29.0. The molecule has 0 radical (unpaired) electrons. The largest absolute Gasteiger partial charge is 0.456 e. The molecule has 1 heteroatoms. The Labute approximate surface area is 284 Å². The number of fused-ring (bicyclic) bond motifs is 5. The number of hydrogen-bond acceptors (Lipinski definition) is 1. The molecule has 0 fully saturated rings. The highest BCUT2D eigenvalue weighted by Crippen LogP contribution is 2.46. The molecule has 1 nitrogen and oxygen atoms in total. The normalized spacial score (nSPS) is 16.5. The van der Waals surface area contributed by atoms with Gasteiger partial charge < -0.3 is 4.42 Å². The number of hydrogen-bond donors (Lipinski definition) is 0. The van der Waals surface area contributed by atoms with Crippen LogP contribution in [0.25, 0.3) is 88.0 Å². The van der Waals surface area contributed by atoms with Crippen LogP contribution in [-0.2, 0) is 0 Å². The molecule has 0 bridgehead atoms. The van der Waals surface area contributed by atoms with Crippen molar-refractivity contribution < 1.29 is 26.3 Å². The van der Waals surface area contributed by atoms with E-state index in [1.165, 1.54) is 0 Å². The van der Waals surface area contributed by atoms with Gasteiger partial charge in [0.15, 0.2) is 0 Å². The first-order valence-electron chi connectivity index (χ1n) is 22.1. The van der Waals surface area contributed by atoms with Crippen LogP contribution in [0.15, 0.2) is 174 Å². The van der Waals surface area contributed by atoms with Crippen LogP contribution in [-0.4, -0.2) is 0 Å². The summed E-state index contributed by atoms with van der Waals surface area (Å²) in [4.78, 5) is 0. The Morgan fingerprint density at radius 2 is 0.978 bits per heavy atom. The molecule has 0 saturated carbocycles. The maximum absolute atomic E-state index is 9.36. The molecule has 210 valence electrons. The van der Waals surface area contributed by atoms with Crippen molar-refractivity contribution in [2.24, 2.45) is 0 Å². The molecule has 0 saturated heterocycles. The Hall–Kier alpha value is -5.92. The SMILES string of the molecule is [2H]c1c([2H])c([2H])c(-c2c([2H])c([2H])c([2H])c([2H])c2-c2c3ccccc3c(-c3cccc(-c4c([2H])c([2H])c5oc6c([2H])c([2H])c([2H])c([2H])c6c5c4[2H])c3)c3ccccc23)c([2H])c1[2H]. The van der Waals surface area contributed by atoms with Crippen molar-refractivity contribution >= 4 is 43.5 Å². The van der Waals surface area contributed by atoms with Crippen LogP contribution < -0.4 is 0 Å². The van der Waals surface area contributed by atoms with Gasteiger partial charge in [-0.1, -0.05) is 145 Å². The van der Waals surface area contributed by atoms with E-state index in [1.807, 2.05) is 18.2 Å². The van der Waals surface area contributed by atoms with Crippen molar-refractivity contribution in [2.75, 3.05) is 0 Å². The van der Waals surface area contributed by atoms with E-state index >= 15 is 0 Å². The molecule has 1 aromatic heterocycles. The van der Waals surface area contributed by atoms with Crippen LogP contribution in [0.4, 0.5) is 0 Å². The fraction of sp³-hybridized carbons (Fsp3) is 0. The molecule has 0 N–H and O–H groups in total. The smallest absolute Gasteiger partial charge is 0.135 e. The lowest BCUT2D eigenvalue weighted by Gasteiger charge is -2.20. The average Bonchev–Trinajstić information content (AvgIpc) is 3.68. The third-order valence-corrected chi connectivity index (χ3v) is 7.94. The molecule has 0 atom stereocenters. The first kappa shape index (κ1) is 14.2. The van der Waals surface area contributed by atoms with Crippen LogP contribution >= 0.6 is 0 Å². The lowest BCUT2D eigenvalue weighted by Crippen LogP contribution is -1.92. The zero-order valence-corrected chi connectivity index (χ0v) is 23.3. The quantitative estimate of drug-likeness (QED) is 0.186.